The summed E-state index contributed by atoms with van der Waals surface area (Å²) in [5.74, 6) is 0.398. The van der Waals surface area contributed by atoms with Crippen LogP contribution in [0.3, 0.4) is 0 Å². The lowest BCUT2D eigenvalue weighted by atomic mass is 10.2. The molecule has 6 heteroatoms. The summed E-state index contributed by atoms with van der Waals surface area (Å²) in [6.45, 7) is 0.749. The first kappa shape index (κ1) is 15.6. The van der Waals surface area contributed by atoms with E-state index in [0.29, 0.717) is 29.5 Å². The van der Waals surface area contributed by atoms with Crippen molar-refractivity contribution < 1.29 is 9.53 Å². The van der Waals surface area contributed by atoms with Crippen LogP contribution in [0.5, 0.6) is 5.75 Å². The Labute approximate surface area is 133 Å². The molecule has 4 nitrogen and oxygen atoms in total. The van der Waals surface area contributed by atoms with Crippen LogP contribution >= 0.6 is 23.2 Å². The summed E-state index contributed by atoms with van der Waals surface area (Å²) in [5.41, 5.74) is 0.374. The van der Waals surface area contributed by atoms with Gasteiger partial charge in [-0.05, 0) is 24.3 Å². The van der Waals surface area contributed by atoms with Gasteiger partial charge in [-0.2, -0.15) is 0 Å². The third kappa shape index (κ3) is 4.09. The Morgan fingerprint density at radius 2 is 2.00 bits per heavy atom. The molecule has 0 aliphatic heterocycles. The fourth-order valence-electron chi connectivity index (χ4n) is 1.71. The number of hydrogen-bond acceptors (Lipinski definition) is 3. The predicted octanol–water partition coefficient (Wildman–Crippen LogP) is 3.54. The summed E-state index contributed by atoms with van der Waals surface area (Å²) >= 11 is 11.9. The second-order valence-electron chi connectivity index (χ2n) is 4.35. The van der Waals surface area contributed by atoms with Gasteiger partial charge in [-0.3, -0.25) is 4.79 Å². The molecule has 0 aliphatic rings. The molecule has 1 heterocycles. The summed E-state index contributed by atoms with van der Waals surface area (Å²) in [7, 11) is 1.68. The van der Waals surface area contributed by atoms with Gasteiger partial charge < -0.3 is 9.64 Å². The molecule has 0 radical (unpaired) electrons. The Morgan fingerprint density at radius 1 is 1.24 bits per heavy atom. The molecule has 0 saturated carbocycles. The van der Waals surface area contributed by atoms with Gasteiger partial charge in [0, 0.05) is 13.2 Å². The maximum absolute atomic E-state index is 12.2. The topological polar surface area (TPSA) is 42.4 Å². The maximum atomic E-state index is 12.2. The molecule has 1 aromatic carbocycles. The zero-order chi connectivity index (χ0) is 15.2. The van der Waals surface area contributed by atoms with Gasteiger partial charge in [0.1, 0.15) is 17.5 Å². The molecular weight excluding hydrogens is 311 g/mol. The van der Waals surface area contributed by atoms with E-state index in [1.54, 1.807) is 37.5 Å². The Kier molecular flexibility index (Phi) is 5.42. The van der Waals surface area contributed by atoms with Crippen LogP contribution in [0, 0.1) is 0 Å². The molecule has 0 aliphatic carbocycles. The number of nitrogens with zero attached hydrogens (tertiary/aromatic N) is 2. The first-order valence-electron chi connectivity index (χ1n) is 6.33. The summed E-state index contributed by atoms with van der Waals surface area (Å²) in [5, 5.41) is 0.739. The standard InChI is InChI=1S/C15H14Cl2N2O2/c1-19(15(20)11-5-4-8-18-14(11)17)9-10-21-13-7-3-2-6-12(13)16/h2-8H,9-10H2,1H3. The van der Waals surface area contributed by atoms with Crippen LogP contribution in [-0.4, -0.2) is 36.0 Å². The molecule has 21 heavy (non-hydrogen) atoms. The zero-order valence-electron chi connectivity index (χ0n) is 11.4. The first-order chi connectivity index (χ1) is 10.1. The van der Waals surface area contributed by atoms with Gasteiger partial charge in [-0.15, -0.1) is 0 Å². The van der Waals surface area contributed by atoms with Crippen LogP contribution in [-0.2, 0) is 0 Å². The minimum absolute atomic E-state index is 0.196. The molecule has 1 amide bonds. The lowest BCUT2D eigenvalue weighted by molar-refractivity contribution is 0.0773. The van der Waals surface area contributed by atoms with Crippen molar-refractivity contribution in [2.75, 3.05) is 20.2 Å². The van der Waals surface area contributed by atoms with E-state index in [1.807, 2.05) is 12.1 Å². The van der Waals surface area contributed by atoms with E-state index in [0.717, 1.165) is 0 Å². The van der Waals surface area contributed by atoms with Gasteiger partial charge in [0.15, 0.2) is 0 Å². The number of pyridine rings is 1. The second kappa shape index (κ2) is 7.29. The average Bonchev–Trinajstić information content (AvgIpc) is 2.49. The van der Waals surface area contributed by atoms with Crippen LogP contribution in [0.25, 0.3) is 0 Å². The minimum atomic E-state index is -0.198. The largest absolute Gasteiger partial charge is 0.490 e. The first-order valence-corrected chi connectivity index (χ1v) is 7.08. The monoisotopic (exact) mass is 324 g/mol. The summed E-state index contributed by atoms with van der Waals surface area (Å²) in [6, 6.07) is 10.5. The lowest BCUT2D eigenvalue weighted by Crippen LogP contribution is -2.31. The molecule has 2 rings (SSSR count). The third-order valence-corrected chi connectivity index (χ3v) is 3.47. The van der Waals surface area contributed by atoms with Crippen LogP contribution in [0.2, 0.25) is 10.2 Å². The number of hydrogen-bond donors (Lipinski definition) is 0. The number of para-hydroxylation sites is 1. The molecule has 0 N–H and O–H groups in total. The quantitative estimate of drug-likeness (QED) is 0.790. The van der Waals surface area contributed by atoms with Gasteiger partial charge in [-0.25, -0.2) is 4.98 Å². The summed E-state index contributed by atoms with van der Waals surface area (Å²) < 4.78 is 5.55. The number of carbonyl (C=O) groups is 1. The van der Waals surface area contributed by atoms with E-state index in [1.165, 1.54) is 4.90 Å². The predicted molar refractivity (Wildman–Crippen MR) is 83.2 cm³/mol. The highest BCUT2D eigenvalue weighted by Gasteiger charge is 2.15. The number of benzene rings is 1. The Balaban J connectivity index is 1.90. The van der Waals surface area contributed by atoms with Crippen molar-refractivity contribution in [1.29, 1.82) is 0 Å². The number of carbonyl (C=O) groups excluding carboxylic acids is 1. The molecule has 0 spiro atoms. The van der Waals surface area contributed by atoms with Gasteiger partial charge in [0.2, 0.25) is 0 Å². The number of rotatable bonds is 5. The fourth-order valence-corrected chi connectivity index (χ4v) is 2.10. The van der Waals surface area contributed by atoms with E-state index in [-0.39, 0.29) is 11.1 Å². The van der Waals surface area contributed by atoms with Crippen molar-refractivity contribution >= 4 is 29.1 Å². The second-order valence-corrected chi connectivity index (χ2v) is 5.11. The third-order valence-electron chi connectivity index (χ3n) is 2.86. The van der Waals surface area contributed by atoms with Crippen molar-refractivity contribution in [2.24, 2.45) is 0 Å². The molecule has 0 saturated heterocycles. The van der Waals surface area contributed by atoms with Crippen molar-refractivity contribution in [1.82, 2.24) is 9.88 Å². The molecule has 2 aromatic rings. The average molecular weight is 325 g/mol. The molecule has 110 valence electrons. The number of ether oxygens (including phenoxy) is 1. The SMILES string of the molecule is CN(CCOc1ccccc1Cl)C(=O)c1cccnc1Cl. The normalized spacial score (nSPS) is 10.2. The number of aromatic nitrogens is 1. The minimum Gasteiger partial charge on any atom is -0.490 e. The smallest absolute Gasteiger partial charge is 0.256 e. The van der Waals surface area contributed by atoms with E-state index in [4.69, 9.17) is 27.9 Å². The van der Waals surface area contributed by atoms with Gasteiger partial charge in [-0.1, -0.05) is 35.3 Å². The molecule has 1 aromatic heterocycles. The fraction of sp³-hybridized carbons (Fsp3) is 0.200. The van der Waals surface area contributed by atoms with Crippen molar-refractivity contribution in [3.63, 3.8) is 0 Å². The van der Waals surface area contributed by atoms with E-state index in [2.05, 4.69) is 4.98 Å². The molecule has 0 fully saturated rings. The number of halogens is 2. The molecule has 0 atom stereocenters. The molecule has 0 bridgehead atoms. The summed E-state index contributed by atoms with van der Waals surface area (Å²) in [6.07, 6.45) is 1.54. The molecular formula is C15H14Cl2N2O2. The number of likely N-dealkylation sites (N-methyl/N-ethyl adjacent to an activating group) is 1. The van der Waals surface area contributed by atoms with Crippen LogP contribution in [0.15, 0.2) is 42.6 Å². The van der Waals surface area contributed by atoms with Crippen LogP contribution in [0.4, 0.5) is 0 Å². The van der Waals surface area contributed by atoms with Gasteiger partial charge in [0.05, 0.1) is 17.1 Å². The maximum Gasteiger partial charge on any atom is 0.256 e. The van der Waals surface area contributed by atoms with E-state index >= 15 is 0 Å². The van der Waals surface area contributed by atoms with Crippen LogP contribution < -0.4 is 4.74 Å². The van der Waals surface area contributed by atoms with Gasteiger partial charge >= 0.3 is 0 Å². The zero-order valence-corrected chi connectivity index (χ0v) is 12.9. The molecule has 0 unspecified atom stereocenters. The Morgan fingerprint density at radius 3 is 2.71 bits per heavy atom. The number of amides is 1. The summed E-state index contributed by atoms with van der Waals surface area (Å²) in [4.78, 5) is 17.6. The van der Waals surface area contributed by atoms with Crippen LogP contribution in [0.1, 0.15) is 10.4 Å². The van der Waals surface area contributed by atoms with E-state index < -0.39 is 0 Å². The Hall–Kier alpha value is -1.78. The highest BCUT2D eigenvalue weighted by Crippen LogP contribution is 2.23. The van der Waals surface area contributed by atoms with Gasteiger partial charge in [0.25, 0.3) is 5.91 Å². The van der Waals surface area contributed by atoms with Crippen molar-refractivity contribution in [2.45, 2.75) is 0 Å². The highest BCUT2D eigenvalue weighted by atomic mass is 35.5. The van der Waals surface area contributed by atoms with E-state index in [9.17, 15) is 4.79 Å². The highest BCUT2D eigenvalue weighted by molar-refractivity contribution is 6.32. The Bertz CT molecular complexity index is 635. The van der Waals surface area contributed by atoms with Crippen molar-refractivity contribution in [3.8, 4) is 5.75 Å². The van der Waals surface area contributed by atoms with Crippen molar-refractivity contribution in [3.05, 3.63) is 58.3 Å². The lowest BCUT2D eigenvalue weighted by Gasteiger charge is -2.18.